The van der Waals surface area contributed by atoms with Crippen LogP contribution in [0.2, 0.25) is 10.0 Å². The van der Waals surface area contributed by atoms with Gasteiger partial charge in [-0.05, 0) is 42.0 Å². The van der Waals surface area contributed by atoms with E-state index >= 15 is 0 Å². The number of rotatable bonds is 3. The Morgan fingerprint density at radius 2 is 1.93 bits per heavy atom. The first-order valence-corrected chi connectivity index (χ1v) is 10.1. The van der Waals surface area contributed by atoms with Gasteiger partial charge in [-0.15, -0.1) is 6.42 Å². The maximum atomic E-state index is 12.9. The number of ether oxygens (including phenoxy) is 1. The largest absolute Gasteiger partial charge is 0.378 e. The minimum absolute atomic E-state index is 0.0908. The molecule has 0 atom stereocenters. The minimum Gasteiger partial charge on any atom is -0.378 e. The van der Waals surface area contributed by atoms with E-state index in [1.165, 1.54) is 0 Å². The van der Waals surface area contributed by atoms with Crippen molar-refractivity contribution in [2.24, 2.45) is 7.05 Å². The second-order valence-electron chi connectivity index (χ2n) is 7.08. The van der Waals surface area contributed by atoms with Gasteiger partial charge in [0.2, 0.25) is 0 Å². The highest BCUT2D eigenvalue weighted by molar-refractivity contribution is 6.38. The topological polar surface area (TPSA) is 34.5 Å². The predicted octanol–water partition coefficient (Wildman–Crippen LogP) is 4.53. The summed E-state index contributed by atoms with van der Waals surface area (Å²) in [6, 6.07) is 11.4. The van der Waals surface area contributed by atoms with Crippen molar-refractivity contribution in [2.45, 2.75) is 6.42 Å². The quantitative estimate of drug-likeness (QED) is 0.576. The van der Waals surface area contributed by atoms with Crippen LogP contribution < -0.4 is 0 Å². The Labute approximate surface area is 180 Å². The van der Waals surface area contributed by atoms with E-state index < -0.39 is 0 Å². The summed E-state index contributed by atoms with van der Waals surface area (Å²) in [4.78, 5) is 14.7. The lowest BCUT2D eigenvalue weighted by Gasteiger charge is -2.27. The third kappa shape index (κ3) is 3.74. The van der Waals surface area contributed by atoms with Crippen LogP contribution in [0.3, 0.4) is 0 Å². The molecule has 0 unspecified atom stereocenters. The number of halogens is 2. The Bertz CT molecular complexity index is 1140. The molecule has 1 aliphatic heterocycles. The molecule has 4 rings (SSSR count). The Morgan fingerprint density at radius 3 is 2.66 bits per heavy atom. The number of benzene rings is 2. The normalized spacial score (nSPS) is 14.2. The molecule has 0 bridgehead atoms. The molecule has 0 aliphatic carbocycles. The molecule has 0 radical (unpaired) electrons. The highest BCUT2D eigenvalue weighted by atomic mass is 35.5. The van der Waals surface area contributed by atoms with E-state index in [0.29, 0.717) is 48.3 Å². The van der Waals surface area contributed by atoms with Crippen molar-refractivity contribution in [2.75, 3.05) is 26.3 Å². The van der Waals surface area contributed by atoms with Gasteiger partial charge in [-0.3, -0.25) is 4.79 Å². The molecule has 1 fully saturated rings. The van der Waals surface area contributed by atoms with Crippen molar-refractivity contribution in [3.05, 3.63) is 68.8 Å². The van der Waals surface area contributed by atoms with Crippen LogP contribution >= 0.6 is 23.2 Å². The smallest absolute Gasteiger partial charge is 0.255 e. The number of aromatic nitrogens is 1. The average molecular weight is 427 g/mol. The van der Waals surface area contributed by atoms with Gasteiger partial charge < -0.3 is 14.2 Å². The predicted molar refractivity (Wildman–Crippen MR) is 117 cm³/mol. The lowest BCUT2D eigenvalue weighted by Crippen LogP contribution is -2.40. The molecule has 2 aromatic carbocycles. The number of amides is 1. The van der Waals surface area contributed by atoms with Crippen LogP contribution in [0.15, 0.2) is 36.4 Å². The van der Waals surface area contributed by atoms with Crippen LogP contribution in [-0.4, -0.2) is 41.7 Å². The van der Waals surface area contributed by atoms with Crippen molar-refractivity contribution >= 4 is 40.0 Å². The summed E-state index contributed by atoms with van der Waals surface area (Å²) in [5, 5.41) is 2.01. The second-order valence-corrected chi connectivity index (χ2v) is 7.87. The van der Waals surface area contributed by atoms with E-state index in [2.05, 4.69) is 16.6 Å². The summed E-state index contributed by atoms with van der Waals surface area (Å²) in [5.74, 6) is 2.57. The molecule has 6 heteroatoms. The van der Waals surface area contributed by atoms with Gasteiger partial charge in [0.1, 0.15) is 0 Å². The molecule has 3 aromatic rings. The first kappa shape index (κ1) is 19.8. The van der Waals surface area contributed by atoms with E-state index in [0.717, 1.165) is 27.7 Å². The minimum atomic E-state index is -0.0908. The van der Waals surface area contributed by atoms with E-state index in [9.17, 15) is 4.79 Å². The number of terminal acetylenes is 1. The van der Waals surface area contributed by atoms with Gasteiger partial charge in [0.25, 0.3) is 5.91 Å². The van der Waals surface area contributed by atoms with Gasteiger partial charge >= 0.3 is 0 Å². The van der Waals surface area contributed by atoms with Crippen LogP contribution in [0, 0.1) is 12.3 Å². The molecule has 2 heterocycles. The van der Waals surface area contributed by atoms with Gasteiger partial charge in [-0.1, -0.05) is 29.1 Å². The zero-order chi connectivity index (χ0) is 20.5. The molecular weight excluding hydrogens is 407 g/mol. The highest BCUT2D eigenvalue weighted by Crippen LogP contribution is 2.32. The van der Waals surface area contributed by atoms with Crippen molar-refractivity contribution < 1.29 is 9.53 Å². The summed E-state index contributed by atoms with van der Waals surface area (Å²) >= 11 is 13.2. The van der Waals surface area contributed by atoms with Crippen molar-refractivity contribution in [3.63, 3.8) is 0 Å². The lowest BCUT2D eigenvalue weighted by molar-refractivity contribution is 0.0303. The van der Waals surface area contributed by atoms with Gasteiger partial charge in [0, 0.05) is 53.7 Å². The summed E-state index contributed by atoms with van der Waals surface area (Å²) in [7, 11) is 2.00. The number of carbonyl (C=O) groups excluding carboxylic acids is 1. The number of fused-ring (bicyclic) bond motifs is 1. The second kappa shape index (κ2) is 8.12. The Balaban J connectivity index is 1.70. The average Bonchev–Trinajstić information content (AvgIpc) is 3.06. The molecule has 0 spiro atoms. The molecule has 0 saturated carbocycles. The number of hydrogen-bond acceptors (Lipinski definition) is 2. The fourth-order valence-corrected chi connectivity index (χ4v) is 4.29. The number of carbonyl (C=O) groups is 1. The summed E-state index contributed by atoms with van der Waals surface area (Å²) < 4.78 is 7.43. The number of nitrogens with zero attached hydrogens (tertiary/aromatic N) is 2. The molecule has 1 aliphatic rings. The monoisotopic (exact) mass is 426 g/mol. The maximum absolute atomic E-state index is 12.9. The lowest BCUT2D eigenvalue weighted by atomic mass is 10.0. The highest BCUT2D eigenvalue weighted by Gasteiger charge is 2.23. The molecule has 1 amide bonds. The first-order valence-electron chi connectivity index (χ1n) is 9.38. The zero-order valence-electron chi connectivity index (χ0n) is 16.0. The number of morpholine rings is 1. The summed E-state index contributed by atoms with van der Waals surface area (Å²) in [6.45, 7) is 2.21. The Kier molecular flexibility index (Phi) is 5.56. The molecule has 148 valence electrons. The van der Waals surface area contributed by atoms with Crippen LogP contribution in [0.4, 0.5) is 0 Å². The number of aryl methyl sites for hydroxylation is 1. The van der Waals surface area contributed by atoms with E-state index in [-0.39, 0.29) is 5.91 Å². The SMILES string of the molecule is C#Cc1ccc2c(c1)cc(Cc1c(Cl)ccc(C(=O)N3CCOCC3)c1Cl)n2C. The van der Waals surface area contributed by atoms with Crippen LogP contribution in [0.25, 0.3) is 10.9 Å². The molecule has 0 N–H and O–H groups in total. The summed E-state index contributed by atoms with van der Waals surface area (Å²) in [6.07, 6.45) is 6.03. The van der Waals surface area contributed by atoms with Crippen molar-refractivity contribution in [1.29, 1.82) is 0 Å². The molecule has 4 nitrogen and oxygen atoms in total. The maximum Gasteiger partial charge on any atom is 0.255 e. The molecule has 1 saturated heterocycles. The Hall–Kier alpha value is -2.45. The van der Waals surface area contributed by atoms with E-state index in [1.807, 2.05) is 25.2 Å². The van der Waals surface area contributed by atoms with Gasteiger partial charge in [0.15, 0.2) is 0 Å². The summed E-state index contributed by atoms with van der Waals surface area (Å²) in [5.41, 5.74) is 4.17. The number of hydrogen-bond donors (Lipinski definition) is 0. The molecule has 1 aromatic heterocycles. The molecular formula is C23H20Cl2N2O2. The zero-order valence-corrected chi connectivity index (χ0v) is 17.6. The Morgan fingerprint density at radius 1 is 1.17 bits per heavy atom. The fraction of sp³-hybridized carbons (Fsp3) is 0.261. The van der Waals surface area contributed by atoms with Crippen LogP contribution in [0.5, 0.6) is 0 Å². The van der Waals surface area contributed by atoms with Crippen LogP contribution in [0.1, 0.15) is 27.2 Å². The molecule has 29 heavy (non-hydrogen) atoms. The first-order chi connectivity index (χ1) is 14.0. The van der Waals surface area contributed by atoms with Crippen molar-refractivity contribution in [3.8, 4) is 12.3 Å². The fourth-order valence-electron chi connectivity index (χ4n) is 3.71. The third-order valence-electron chi connectivity index (χ3n) is 5.38. The van der Waals surface area contributed by atoms with Crippen LogP contribution in [-0.2, 0) is 18.2 Å². The van der Waals surface area contributed by atoms with Gasteiger partial charge in [-0.2, -0.15) is 0 Å². The third-order valence-corrected chi connectivity index (χ3v) is 6.17. The van der Waals surface area contributed by atoms with Gasteiger partial charge in [0.05, 0.1) is 23.8 Å². The standard InChI is InChI=1S/C23H20Cl2N2O2/c1-3-15-4-7-21-16(12-15)13-17(26(21)2)14-19-20(24)6-5-18(22(19)25)23(28)27-8-10-29-11-9-27/h1,4-7,12-13H,8-11,14H2,2H3. The van der Waals surface area contributed by atoms with E-state index in [4.69, 9.17) is 34.4 Å². The van der Waals surface area contributed by atoms with E-state index in [1.54, 1.807) is 17.0 Å². The van der Waals surface area contributed by atoms with Crippen molar-refractivity contribution in [1.82, 2.24) is 9.47 Å². The van der Waals surface area contributed by atoms with Gasteiger partial charge in [-0.25, -0.2) is 0 Å².